The molecule has 0 aliphatic carbocycles. The second-order valence-corrected chi connectivity index (χ2v) is 6.34. The minimum absolute atomic E-state index is 0.0739. The largest absolute Gasteiger partial charge is 0.489 e. The maximum absolute atomic E-state index is 12.1. The number of para-hydroxylation sites is 1. The van der Waals surface area contributed by atoms with Gasteiger partial charge in [0, 0.05) is 12.5 Å². The molecule has 0 spiro atoms. The van der Waals surface area contributed by atoms with Crippen LogP contribution in [0, 0.1) is 11.8 Å². The molecule has 2 aromatic carbocycles. The SMILES string of the molecule is CC(C(=O)NCc1ccc(COc2ccccc2)cc1)C1CNC1. The first-order valence-electron chi connectivity index (χ1n) is 8.46. The lowest BCUT2D eigenvalue weighted by molar-refractivity contribution is -0.126. The molecule has 1 unspecified atom stereocenters. The Morgan fingerprint density at radius 1 is 1.12 bits per heavy atom. The monoisotopic (exact) mass is 324 g/mol. The summed E-state index contributed by atoms with van der Waals surface area (Å²) < 4.78 is 5.73. The summed E-state index contributed by atoms with van der Waals surface area (Å²) in [6.07, 6.45) is 0. The van der Waals surface area contributed by atoms with E-state index in [2.05, 4.69) is 10.6 Å². The van der Waals surface area contributed by atoms with Gasteiger partial charge in [0.25, 0.3) is 0 Å². The van der Waals surface area contributed by atoms with E-state index >= 15 is 0 Å². The number of benzene rings is 2. The van der Waals surface area contributed by atoms with Crippen LogP contribution in [-0.2, 0) is 17.9 Å². The molecule has 1 aliphatic rings. The molecule has 0 aromatic heterocycles. The average Bonchev–Trinajstić information content (AvgIpc) is 2.58. The van der Waals surface area contributed by atoms with Crippen LogP contribution in [0.5, 0.6) is 5.75 Å². The van der Waals surface area contributed by atoms with Crippen molar-refractivity contribution in [3.05, 3.63) is 65.7 Å². The Labute approximate surface area is 143 Å². The predicted octanol–water partition coefficient (Wildman–Crippen LogP) is 2.74. The summed E-state index contributed by atoms with van der Waals surface area (Å²) in [6, 6.07) is 18.0. The lowest BCUT2D eigenvalue weighted by Gasteiger charge is -2.31. The van der Waals surface area contributed by atoms with Gasteiger partial charge in [-0.2, -0.15) is 0 Å². The van der Waals surface area contributed by atoms with E-state index in [4.69, 9.17) is 4.74 Å². The van der Waals surface area contributed by atoms with Gasteiger partial charge in [0.2, 0.25) is 5.91 Å². The Kier molecular flexibility index (Phi) is 5.49. The lowest BCUT2D eigenvalue weighted by atomic mass is 9.88. The predicted molar refractivity (Wildman–Crippen MR) is 94.6 cm³/mol. The highest BCUT2D eigenvalue weighted by molar-refractivity contribution is 5.78. The number of amides is 1. The zero-order valence-corrected chi connectivity index (χ0v) is 14.0. The molecule has 4 heteroatoms. The van der Waals surface area contributed by atoms with Crippen molar-refractivity contribution in [2.75, 3.05) is 13.1 Å². The number of rotatable bonds is 7. The van der Waals surface area contributed by atoms with Crippen LogP contribution in [0.15, 0.2) is 54.6 Å². The lowest BCUT2D eigenvalue weighted by Crippen LogP contribution is -2.49. The van der Waals surface area contributed by atoms with Crippen molar-refractivity contribution in [1.29, 1.82) is 0 Å². The van der Waals surface area contributed by atoms with Crippen molar-refractivity contribution in [2.45, 2.75) is 20.1 Å². The second-order valence-electron chi connectivity index (χ2n) is 6.34. The van der Waals surface area contributed by atoms with E-state index in [0.29, 0.717) is 19.1 Å². The molecule has 1 aliphatic heterocycles. The molecule has 1 heterocycles. The topological polar surface area (TPSA) is 50.4 Å². The van der Waals surface area contributed by atoms with Crippen LogP contribution in [-0.4, -0.2) is 19.0 Å². The van der Waals surface area contributed by atoms with Crippen molar-refractivity contribution >= 4 is 5.91 Å². The Morgan fingerprint density at radius 3 is 2.42 bits per heavy atom. The molecule has 2 N–H and O–H groups in total. The van der Waals surface area contributed by atoms with E-state index in [-0.39, 0.29) is 11.8 Å². The van der Waals surface area contributed by atoms with Crippen molar-refractivity contribution in [1.82, 2.24) is 10.6 Å². The standard InChI is InChI=1S/C20H24N2O2/c1-15(18-12-21-13-18)20(23)22-11-16-7-9-17(10-8-16)14-24-19-5-3-2-4-6-19/h2-10,15,18,21H,11-14H2,1H3,(H,22,23). The fourth-order valence-corrected chi connectivity index (χ4v) is 2.67. The fraction of sp³-hybridized carbons (Fsp3) is 0.350. The molecule has 0 radical (unpaired) electrons. The quantitative estimate of drug-likeness (QED) is 0.823. The zero-order valence-electron chi connectivity index (χ0n) is 14.0. The van der Waals surface area contributed by atoms with Gasteiger partial charge < -0.3 is 15.4 Å². The summed E-state index contributed by atoms with van der Waals surface area (Å²) >= 11 is 0. The second kappa shape index (κ2) is 7.97. The molecule has 0 bridgehead atoms. The smallest absolute Gasteiger partial charge is 0.223 e. The summed E-state index contributed by atoms with van der Waals surface area (Å²) in [7, 11) is 0. The number of nitrogens with one attached hydrogen (secondary N) is 2. The molecular formula is C20H24N2O2. The maximum atomic E-state index is 12.1. The maximum Gasteiger partial charge on any atom is 0.223 e. The first-order chi connectivity index (χ1) is 11.7. The van der Waals surface area contributed by atoms with E-state index in [9.17, 15) is 4.79 Å². The molecule has 24 heavy (non-hydrogen) atoms. The molecule has 1 fully saturated rings. The van der Waals surface area contributed by atoms with Crippen molar-refractivity contribution in [2.24, 2.45) is 11.8 Å². The summed E-state index contributed by atoms with van der Waals surface area (Å²) in [5, 5.41) is 6.24. The highest BCUT2D eigenvalue weighted by atomic mass is 16.5. The average molecular weight is 324 g/mol. The normalized spacial score (nSPS) is 15.4. The molecular weight excluding hydrogens is 300 g/mol. The number of carbonyl (C=O) groups excluding carboxylic acids is 1. The molecule has 0 saturated carbocycles. The summed E-state index contributed by atoms with van der Waals surface area (Å²) in [5.41, 5.74) is 2.22. The number of hydrogen-bond acceptors (Lipinski definition) is 3. The molecule has 3 rings (SSSR count). The molecule has 4 nitrogen and oxygen atoms in total. The van der Waals surface area contributed by atoms with Crippen LogP contribution in [0.25, 0.3) is 0 Å². The first kappa shape index (κ1) is 16.5. The highest BCUT2D eigenvalue weighted by Gasteiger charge is 2.28. The first-order valence-corrected chi connectivity index (χ1v) is 8.46. The molecule has 2 aromatic rings. The van der Waals surface area contributed by atoms with E-state index < -0.39 is 0 Å². The Morgan fingerprint density at radius 2 is 1.79 bits per heavy atom. The van der Waals surface area contributed by atoms with Gasteiger partial charge in [0.15, 0.2) is 0 Å². The number of carbonyl (C=O) groups is 1. The summed E-state index contributed by atoms with van der Waals surface area (Å²) in [6.45, 7) is 5.02. The van der Waals surface area contributed by atoms with Crippen LogP contribution in [0.4, 0.5) is 0 Å². The molecule has 1 amide bonds. The van der Waals surface area contributed by atoms with E-state index in [1.54, 1.807) is 0 Å². The van der Waals surface area contributed by atoms with Crippen LogP contribution < -0.4 is 15.4 Å². The third-order valence-corrected chi connectivity index (χ3v) is 4.57. The van der Waals surface area contributed by atoms with Gasteiger partial charge >= 0.3 is 0 Å². The summed E-state index contributed by atoms with van der Waals surface area (Å²) in [4.78, 5) is 12.1. The molecule has 126 valence electrons. The third kappa shape index (κ3) is 4.36. The Bertz CT molecular complexity index is 651. The van der Waals surface area contributed by atoms with Gasteiger partial charge in [-0.05, 0) is 42.3 Å². The van der Waals surface area contributed by atoms with E-state index in [1.165, 1.54) is 0 Å². The van der Waals surface area contributed by atoms with Gasteiger partial charge in [-0.3, -0.25) is 4.79 Å². The van der Waals surface area contributed by atoms with E-state index in [1.807, 2.05) is 61.5 Å². The minimum atomic E-state index is 0.0739. The van der Waals surface area contributed by atoms with Gasteiger partial charge in [-0.25, -0.2) is 0 Å². The molecule has 1 atom stereocenters. The Balaban J connectivity index is 1.45. The highest BCUT2D eigenvalue weighted by Crippen LogP contribution is 2.16. The molecule has 1 saturated heterocycles. The van der Waals surface area contributed by atoms with Crippen molar-refractivity contribution < 1.29 is 9.53 Å². The van der Waals surface area contributed by atoms with Crippen molar-refractivity contribution in [3.8, 4) is 5.75 Å². The van der Waals surface area contributed by atoms with Crippen LogP contribution >= 0.6 is 0 Å². The third-order valence-electron chi connectivity index (χ3n) is 4.57. The van der Waals surface area contributed by atoms with E-state index in [0.717, 1.165) is 30.0 Å². The minimum Gasteiger partial charge on any atom is -0.489 e. The van der Waals surface area contributed by atoms with Crippen molar-refractivity contribution in [3.63, 3.8) is 0 Å². The van der Waals surface area contributed by atoms with Gasteiger partial charge in [0.1, 0.15) is 12.4 Å². The number of hydrogen-bond donors (Lipinski definition) is 2. The van der Waals surface area contributed by atoms with Crippen LogP contribution in [0.1, 0.15) is 18.1 Å². The van der Waals surface area contributed by atoms with Gasteiger partial charge in [-0.1, -0.05) is 49.4 Å². The zero-order chi connectivity index (χ0) is 16.8. The van der Waals surface area contributed by atoms with Gasteiger partial charge in [0.05, 0.1) is 0 Å². The van der Waals surface area contributed by atoms with Crippen LogP contribution in [0.2, 0.25) is 0 Å². The van der Waals surface area contributed by atoms with Gasteiger partial charge in [-0.15, -0.1) is 0 Å². The summed E-state index contributed by atoms with van der Waals surface area (Å²) in [5.74, 6) is 1.55. The number of ether oxygens (including phenoxy) is 1. The fourth-order valence-electron chi connectivity index (χ4n) is 2.67. The Hall–Kier alpha value is -2.33. The van der Waals surface area contributed by atoms with Crippen LogP contribution in [0.3, 0.4) is 0 Å².